The molecule has 0 bridgehead atoms. The number of carbonyl (C=O) groups is 2. The summed E-state index contributed by atoms with van der Waals surface area (Å²) in [5, 5.41) is 7.08. The molecular weight excluding hydrogens is 468 g/mol. The number of amides is 2. The van der Waals surface area contributed by atoms with E-state index in [-0.39, 0.29) is 17.7 Å². The van der Waals surface area contributed by atoms with E-state index in [9.17, 15) is 9.59 Å². The minimum Gasteiger partial charge on any atom is -0.497 e. The highest BCUT2D eigenvalue weighted by atomic mass is 16.5. The van der Waals surface area contributed by atoms with Crippen LogP contribution in [0.2, 0.25) is 0 Å². The van der Waals surface area contributed by atoms with Gasteiger partial charge in [-0.25, -0.2) is 0 Å². The maximum absolute atomic E-state index is 12.9. The lowest BCUT2D eigenvalue weighted by Gasteiger charge is -2.31. The Bertz CT molecular complexity index is 1350. The summed E-state index contributed by atoms with van der Waals surface area (Å²) in [6.07, 6.45) is 1.76. The molecule has 1 atom stereocenters. The Morgan fingerprint density at radius 3 is 2.49 bits per heavy atom. The third-order valence-electron chi connectivity index (χ3n) is 6.54. The Kier molecular flexibility index (Phi) is 7.26. The highest BCUT2D eigenvalue weighted by Crippen LogP contribution is 2.28. The number of hydrogen-bond acceptors (Lipinski definition) is 6. The van der Waals surface area contributed by atoms with Gasteiger partial charge in [0.1, 0.15) is 5.75 Å². The Labute approximate surface area is 215 Å². The Hall–Kier alpha value is -4.46. The first kappa shape index (κ1) is 24.2. The van der Waals surface area contributed by atoms with Crippen molar-refractivity contribution >= 4 is 11.8 Å². The quantitative estimate of drug-likeness (QED) is 0.399. The van der Waals surface area contributed by atoms with Crippen LogP contribution in [0.4, 0.5) is 0 Å². The van der Waals surface area contributed by atoms with E-state index < -0.39 is 0 Å². The number of carbonyl (C=O) groups excluding carboxylic acids is 2. The molecule has 0 unspecified atom stereocenters. The molecule has 1 N–H and O–H groups in total. The molecule has 8 nitrogen and oxygen atoms in total. The van der Waals surface area contributed by atoms with E-state index in [4.69, 9.17) is 9.26 Å². The molecule has 1 aliphatic rings. The summed E-state index contributed by atoms with van der Waals surface area (Å²) in [4.78, 5) is 31.9. The standard InChI is InChI=1S/C29H28N4O4/c1-36-25-15-9-20(10-16-25)18-30-27(34)22-13-11-21(12-14-22)26-31-28(37-32-26)24-8-5-17-33(19-24)29(35)23-6-3-2-4-7-23/h2-4,6-7,9-16,24H,5,8,17-19H2,1H3,(H,30,34)/t24-/m1/s1. The molecule has 0 saturated carbocycles. The summed E-state index contributed by atoms with van der Waals surface area (Å²) >= 11 is 0. The lowest BCUT2D eigenvalue weighted by molar-refractivity contribution is 0.0695. The fourth-order valence-corrected chi connectivity index (χ4v) is 4.44. The van der Waals surface area contributed by atoms with Crippen LogP contribution >= 0.6 is 0 Å². The van der Waals surface area contributed by atoms with Crippen molar-refractivity contribution in [3.8, 4) is 17.1 Å². The number of piperidine rings is 1. The van der Waals surface area contributed by atoms with Crippen molar-refractivity contribution in [2.75, 3.05) is 20.2 Å². The molecule has 37 heavy (non-hydrogen) atoms. The molecule has 0 aliphatic carbocycles. The van der Waals surface area contributed by atoms with Gasteiger partial charge in [-0.15, -0.1) is 0 Å². The summed E-state index contributed by atoms with van der Waals surface area (Å²) in [6, 6.07) is 24.0. The Morgan fingerprint density at radius 2 is 1.76 bits per heavy atom. The number of aromatic nitrogens is 2. The zero-order chi connectivity index (χ0) is 25.6. The fraction of sp³-hybridized carbons (Fsp3) is 0.241. The van der Waals surface area contributed by atoms with Crippen molar-refractivity contribution in [1.29, 1.82) is 0 Å². The molecule has 4 aromatic rings. The predicted octanol–water partition coefficient (Wildman–Crippen LogP) is 4.70. The molecule has 2 amide bonds. The summed E-state index contributed by atoms with van der Waals surface area (Å²) in [5.41, 5.74) is 2.97. The summed E-state index contributed by atoms with van der Waals surface area (Å²) in [5.74, 6) is 1.61. The van der Waals surface area contributed by atoms with E-state index in [0.717, 1.165) is 29.7 Å². The number of nitrogens with zero attached hydrogens (tertiary/aromatic N) is 3. The van der Waals surface area contributed by atoms with Gasteiger partial charge in [-0.2, -0.15) is 4.98 Å². The molecule has 188 valence electrons. The SMILES string of the molecule is COc1ccc(CNC(=O)c2ccc(-c3noc([C@@H]4CCCN(C(=O)c5ccccc5)C4)n3)cc2)cc1. The lowest BCUT2D eigenvalue weighted by Crippen LogP contribution is -2.39. The van der Waals surface area contributed by atoms with Gasteiger partial charge in [0.2, 0.25) is 11.7 Å². The number of nitrogens with one attached hydrogen (secondary N) is 1. The van der Waals surface area contributed by atoms with Crippen molar-refractivity contribution < 1.29 is 18.8 Å². The number of rotatable bonds is 7. The summed E-state index contributed by atoms with van der Waals surface area (Å²) < 4.78 is 10.7. The second-order valence-corrected chi connectivity index (χ2v) is 9.02. The molecule has 1 aromatic heterocycles. The van der Waals surface area contributed by atoms with Gasteiger partial charge in [0, 0.05) is 36.3 Å². The molecule has 1 saturated heterocycles. The van der Waals surface area contributed by atoms with Gasteiger partial charge in [-0.05, 0) is 54.8 Å². The zero-order valence-corrected chi connectivity index (χ0v) is 20.6. The minimum atomic E-state index is -0.165. The minimum absolute atomic E-state index is 0.00864. The first-order valence-corrected chi connectivity index (χ1v) is 12.3. The maximum atomic E-state index is 12.9. The number of hydrogen-bond donors (Lipinski definition) is 1. The van der Waals surface area contributed by atoms with Gasteiger partial charge in [-0.1, -0.05) is 47.6 Å². The number of benzene rings is 3. The third-order valence-corrected chi connectivity index (χ3v) is 6.54. The van der Waals surface area contributed by atoms with Gasteiger partial charge in [0.15, 0.2) is 0 Å². The second kappa shape index (κ2) is 11.1. The van der Waals surface area contributed by atoms with E-state index in [0.29, 0.717) is 42.5 Å². The van der Waals surface area contributed by atoms with Crippen molar-refractivity contribution in [2.24, 2.45) is 0 Å². The van der Waals surface area contributed by atoms with E-state index in [1.165, 1.54) is 0 Å². The molecule has 3 aromatic carbocycles. The second-order valence-electron chi connectivity index (χ2n) is 9.02. The van der Waals surface area contributed by atoms with Gasteiger partial charge in [0.25, 0.3) is 11.8 Å². The zero-order valence-electron chi connectivity index (χ0n) is 20.6. The predicted molar refractivity (Wildman–Crippen MR) is 138 cm³/mol. The molecule has 8 heteroatoms. The van der Waals surface area contributed by atoms with Crippen LogP contribution in [0.1, 0.15) is 50.9 Å². The number of ether oxygens (including phenoxy) is 1. The molecule has 0 spiro atoms. The van der Waals surface area contributed by atoms with Crippen molar-refractivity contribution in [3.05, 3.63) is 101 Å². The summed E-state index contributed by atoms with van der Waals surface area (Å²) in [7, 11) is 1.62. The van der Waals surface area contributed by atoms with Crippen molar-refractivity contribution in [1.82, 2.24) is 20.4 Å². The van der Waals surface area contributed by atoms with Gasteiger partial charge >= 0.3 is 0 Å². The largest absolute Gasteiger partial charge is 0.497 e. The van der Waals surface area contributed by atoms with Crippen LogP contribution in [0.5, 0.6) is 5.75 Å². The van der Waals surface area contributed by atoms with E-state index in [2.05, 4.69) is 15.5 Å². The van der Waals surface area contributed by atoms with E-state index in [1.807, 2.05) is 71.6 Å². The van der Waals surface area contributed by atoms with Crippen LogP contribution in [0.25, 0.3) is 11.4 Å². The monoisotopic (exact) mass is 496 g/mol. The highest BCUT2D eigenvalue weighted by Gasteiger charge is 2.29. The average molecular weight is 497 g/mol. The number of methoxy groups -OCH3 is 1. The first-order chi connectivity index (χ1) is 18.1. The molecule has 0 radical (unpaired) electrons. The van der Waals surface area contributed by atoms with Crippen LogP contribution in [0.15, 0.2) is 83.4 Å². The van der Waals surface area contributed by atoms with Gasteiger partial charge < -0.3 is 19.5 Å². The number of likely N-dealkylation sites (tertiary alicyclic amines) is 1. The van der Waals surface area contributed by atoms with Crippen LogP contribution in [0.3, 0.4) is 0 Å². The molecule has 2 heterocycles. The fourth-order valence-electron chi connectivity index (χ4n) is 4.44. The Morgan fingerprint density at radius 1 is 1.00 bits per heavy atom. The van der Waals surface area contributed by atoms with Crippen molar-refractivity contribution in [2.45, 2.75) is 25.3 Å². The topological polar surface area (TPSA) is 97.6 Å². The molecule has 1 aliphatic heterocycles. The van der Waals surface area contributed by atoms with Crippen LogP contribution in [0, 0.1) is 0 Å². The Balaban J connectivity index is 1.20. The van der Waals surface area contributed by atoms with Gasteiger partial charge in [0.05, 0.1) is 13.0 Å². The van der Waals surface area contributed by atoms with Crippen LogP contribution < -0.4 is 10.1 Å². The summed E-state index contributed by atoms with van der Waals surface area (Å²) in [6.45, 7) is 1.68. The van der Waals surface area contributed by atoms with Gasteiger partial charge in [-0.3, -0.25) is 9.59 Å². The normalized spacial score (nSPS) is 15.3. The smallest absolute Gasteiger partial charge is 0.253 e. The van der Waals surface area contributed by atoms with E-state index in [1.54, 1.807) is 19.2 Å². The third kappa shape index (κ3) is 5.69. The van der Waals surface area contributed by atoms with Crippen LogP contribution in [-0.2, 0) is 6.54 Å². The highest BCUT2D eigenvalue weighted by molar-refractivity contribution is 5.95. The first-order valence-electron chi connectivity index (χ1n) is 12.3. The molecule has 5 rings (SSSR count). The molecule has 1 fully saturated rings. The maximum Gasteiger partial charge on any atom is 0.253 e. The van der Waals surface area contributed by atoms with Crippen LogP contribution in [-0.4, -0.2) is 47.1 Å². The van der Waals surface area contributed by atoms with Crippen molar-refractivity contribution in [3.63, 3.8) is 0 Å². The lowest BCUT2D eigenvalue weighted by atomic mass is 9.97. The van der Waals surface area contributed by atoms with E-state index >= 15 is 0 Å². The molecular formula is C29H28N4O4. The average Bonchev–Trinajstić information content (AvgIpc) is 3.47.